The zero-order chi connectivity index (χ0) is 19.8. The maximum atomic E-state index is 12.7. The highest BCUT2D eigenvalue weighted by atomic mass is 16.5. The van der Waals surface area contributed by atoms with E-state index in [1.165, 1.54) is 0 Å². The van der Waals surface area contributed by atoms with E-state index in [0.29, 0.717) is 36.5 Å². The quantitative estimate of drug-likeness (QED) is 0.575. The summed E-state index contributed by atoms with van der Waals surface area (Å²) in [5.41, 5.74) is 2.53. The minimum atomic E-state index is -0.158. The molecule has 0 unspecified atom stereocenters. The van der Waals surface area contributed by atoms with E-state index in [-0.39, 0.29) is 11.6 Å². The minimum Gasteiger partial charge on any atom is -0.461 e. The Bertz CT molecular complexity index is 1210. The number of hydrogen-bond donors (Lipinski definition) is 1. The third-order valence-corrected chi connectivity index (χ3v) is 5.43. The molecule has 0 aliphatic carbocycles. The Hall–Kier alpha value is -3.19. The van der Waals surface area contributed by atoms with E-state index in [9.17, 15) is 4.79 Å². The van der Waals surface area contributed by atoms with Crippen LogP contribution >= 0.6 is 0 Å². The van der Waals surface area contributed by atoms with Gasteiger partial charge in [-0.1, -0.05) is 24.3 Å². The molecular formula is C22H22N4O3. The average Bonchev–Trinajstić information content (AvgIpc) is 3.36. The van der Waals surface area contributed by atoms with Gasteiger partial charge in [-0.25, -0.2) is 9.67 Å². The van der Waals surface area contributed by atoms with Crippen LogP contribution in [0, 0.1) is 6.92 Å². The van der Waals surface area contributed by atoms with Crippen molar-refractivity contribution in [1.29, 1.82) is 0 Å². The van der Waals surface area contributed by atoms with Crippen molar-refractivity contribution in [3.8, 4) is 11.3 Å². The van der Waals surface area contributed by atoms with E-state index in [1.807, 2.05) is 48.0 Å². The molecule has 7 heteroatoms. The first-order chi connectivity index (χ1) is 14.2. The highest BCUT2D eigenvalue weighted by Gasteiger charge is 2.21. The molecule has 0 bridgehead atoms. The third kappa shape index (κ3) is 3.38. The van der Waals surface area contributed by atoms with Crippen molar-refractivity contribution in [3.63, 3.8) is 0 Å². The van der Waals surface area contributed by atoms with Crippen LogP contribution in [-0.2, 0) is 11.2 Å². The summed E-state index contributed by atoms with van der Waals surface area (Å²) in [6.07, 6.45) is 3.86. The van der Waals surface area contributed by atoms with Gasteiger partial charge in [0.2, 0.25) is 0 Å². The molecule has 29 heavy (non-hydrogen) atoms. The normalized spacial score (nSPS) is 15.2. The molecule has 4 heterocycles. The first-order valence-corrected chi connectivity index (χ1v) is 9.88. The van der Waals surface area contributed by atoms with Crippen LogP contribution in [0.4, 0.5) is 0 Å². The number of fused-ring (bicyclic) bond motifs is 1. The lowest BCUT2D eigenvalue weighted by Gasteiger charge is -2.22. The summed E-state index contributed by atoms with van der Waals surface area (Å²) in [6.45, 7) is 3.34. The minimum absolute atomic E-state index is 0.158. The van der Waals surface area contributed by atoms with Crippen LogP contribution in [0.3, 0.4) is 0 Å². The van der Waals surface area contributed by atoms with E-state index in [2.05, 4.69) is 10.1 Å². The lowest BCUT2D eigenvalue weighted by molar-refractivity contribution is 0.0673. The number of hydrogen-bond acceptors (Lipinski definition) is 5. The highest BCUT2D eigenvalue weighted by molar-refractivity contribution is 5.73. The van der Waals surface area contributed by atoms with Crippen molar-refractivity contribution in [2.45, 2.75) is 32.2 Å². The number of nitrogens with one attached hydrogen (secondary N) is 1. The number of rotatable bonds is 4. The molecule has 3 aromatic heterocycles. The molecule has 1 aliphatic rings. The second kappa shape index (κ2) is 7.33. The van der Waals surface area contributed by atoms with Gasteiger partial charge in [0.05, 0.1) is 12.2 Å². The monoisotopic (exact) mass is 390 g/mol. The number of benzene rings is 1. The van der Waals surface area contributed by atoms with Gasteiger partial charge in [-0.2, -0.15) is 5.10 Å². The fourth-order valence-corrected chi connectivity index (χ4v) is 3.94. The van der Waals surface area contributed by atoms with E-state index in [1.54, 1.807) is 6.20 Å². The molecule has 4 aromatic rings. The van der Waals surface area contributed by atoms with Gasteiger partial charge in [0.1, 0.15) is 22.7 Å². The smallest absolute Gasteiger partial charge is 0.262 e. The highest BCUT2D eigenvalue weighted by Crippen LogP contribution is 2.27. The van der Waals surface area contributed by atoms with E-state index < -0.39 is 0 Å². The van der Waals surface area contributed by atoms with Gasteiger partial charge >= 0.3 is 0 Å². The molecular weight excluding hydrogens is 368 g/mol. The van der Waals surface area contributed by atoms with Crippen molar-refractivity contribution in [2.75, 3.05) is 13.2 Å². The summed E-state index contributed by atoms with van der Waals surface area (Å²) >= 11 is 0. The zero-order valence-corrected chi connectivity index (χ0v) is 16.2. The van der Waals surface area contributed by atoms with Crippen LogP contribution in [0.1, 0.15) is 36.0 Å². The number of H-pyrrole nitrogens is 1. The van der Waals surface area contributed by atoms with E-state index in [4.69, 9.17) is 14.1 Å². The molecule has 1 N–H and O–H groups in total. The van der Waals surface area contributed by atoms with Gasteiger partial charge in [-0.3, -0.25) is 4.79 Å². The molecule has 0 amide bonds. The van der Waals surface area contributed by atoms with Crippen LogP contribution in [0.2, 0.25) is 0 Å². The maximum absolute atomic E-state index is 12.7. The first-order valence-electron chi connectivity index (χ1n) is 9.88. The van der Waals surface area contributed by atoms with Gasteiger partial charge in [-0.15, -0.1) is 0 Å². The van der Waals surface area contributed by atoms with Crippen molar-refractivity contribution >= 4 is 11.0 Å². The maximum Gasteiger partial charge on any atom is 0.262 e. The zero-order valence-electron chi connectivity index (χ0n) is 16.2. The number of furan rings is 1. The second-order valence-electron chi connectivity index (χ2n) is 7.43. The Morgan fingerprint density at radius 1 is 1.17 bits per heavy atom. The Morgan fingerprint density at radius 2 is 2.00 bits per heavy atom. The molecule has 0 spiro atoms. The Balaban J connectivity index is 1.54. The Labute approximate surface area is 167 Å². The van der Waals surface area contributed by atoms with Crippen LogP contribution in [0.25, 0.3) is 22.4 Å². The Kier molecular flexibility index (Phi) is 4.52. The Morgan fingerprint density at radius 3 is 2.79 bits per heavy atom. The van der Waals surface area contributed by atoms with Crippen molar-refractivity contribution in [2.24, 2.45) is 0 Å². The largest absolute Gasteiger partial charge is 0.461 e. The number of aromatic amines is 1. The fourth-order valence-electron chi connectivity index (χ4n) is 3.94. The predicted octanol–water partition coefficient (Wildman–Crippen LogP) is 3.63. The summed E-state index contributed by atoms with van der Waals surface area (Å²) < 4.78 is 13.2. The van der Waals surface area contributed by atoms with Gasteiger partial charge in [0.25, 0.3) is 5.56 Å². The third-order valence-electron chi connectivity index (χ3n) is 5.43. The summed E-state index contributed by atoms with van der Waals surface area (Å²) in [4.78, 5) is 20.4. The molecule has 0 radical (unpaired) electrons. The average molecular weight is 390 g/mol. The molecule has 1 aliphatic heterocycles. The lowest BCUT2D eigenvalue weighted by Crippen LogP contribution is -2.21. The molecule has 0 atom stereocenters. The number of aryl methyl sites for hydroxylation is 1. The van der Waals surface area contributed by atoms with Gasteiger partial charge in [-0.05, 0) is 37.5 Å². The molecule has 1 fully saturated rings. The number of aromatic nitrogens is 4. The fraction of sp³-hybridized carbons (Fsp3) is 0.318. The van der Waals surface area contributed by atoms with Crippen LogP contribution in [0.15, 0.2) is 51.8 Å². The molecule has 1 saturated heterocycles. The van der Waals surface area contributed by atoms with Crippen LogP contribution in [0.5, 0.6) is 0 Å². The van der Waals surface area contributed by atoms with Crippen molar-refractivity contribution in [1.82, 2.24) is 19.7 Å². The SMILES string of the molecule is Cc1ccc(-c2ccccc2Cc2nc3c(cnn3C3CCOCC3)c(=O)[nH]2)o1. The van der Waals surface area contributed by atoms with Crippen molar-refractivity contribution in [3.05, 3.63) is 70.1 Å². The predicted molar refractivity (Wildman–Crippen MR) is 109 cm³/mol. The molecule has 1 aromatic carbocycles. The van der Waals surface area contributed by atoms with E-state index >= 15 is 0 Å². The molecule has 0 saturated carbocycles. The van der Waals surface area contributed by atoms with Gasteiger partial charge < -0.3 is 14.1 Å². The summed E-state index contributed by atoms with van der Waals surface area (Å²) in [6, 6.07) is 12.2. The number of ether oxygens (including phenoxy) is 1. The van der Waals surface area contributed by atoms with Crippen LogP contribution in [-0.4, -0.2) is 33.0 Å². The van der Waals surface area contributed by atoms with Gasteiger partial charge in [0.15, 0.2) is 5.65 Å². The van der Waals surface area contributed by atoms with Crippen LogP contribution < -0.4 is 5.56 Å². The first kappa shape index (κ1) is 17.9. The van der Waals surface area contributed by atoms with Crippen molar-refractivity contribution < 1.29 is 9.15 Å². The van der Waals surface area contributed by atoms with Gasteiger partial charge in [0, 0.05) is 25.2 Å². The number of nitrogens with zero attached hydrogens (tertiary/aromatic N) is 3. The topological polar surface area (TPSA) is 85.9 Å². The standard InChI is InChI=1S/C22H22N4O3/c1-14-6-7-19(29-14)17-5-3-2-4-15(17)12-20-24-21-18(22(27)25-20)13-23-26(21)16-8-10-28-11-9-16/h2-7,13,16H,8-12H2,1H3,(H,24,25,27). The lowest BCUT2D eigenvalue weighted by atomic mass is 10.0. The summed E-state index contributed by atoms with van der Waals surface area (Å²) in [7, 11) is 0. The summed E-state index contributed by atoms with van der Waals surface area (Å²) in [5.74, 6) is 2.30. The second-order valence-corrected chi connectivity index (χ2v) is 7.43. The summed E-state index contributed by atoms with van der Waals surface area (Å²) in [5, 5.41) is 4.98. The molecule has 148 valence electrons. The molecule has 7 nitrogen and oxygen atoms in total. The van der Waals surface area contributed by atoms with E-state index in [0.717, 1.165) is 35.5 Å². The molecule has 5 rings (SSSR count).